The van der Waals surface area contributed by atoms with Crippen LogP contribution >= 0.6 is 11.6 Å². The van der Waals surface area contributed by atoms with E-state index in [0.29, 0.717) is 23.6 Å². The number of carbonyl (C=O) groups is 1. The highest BCUT2D eigenvalue weighted by Gasteiger charge is 2.27. The average Bonchev–Trinajstić information content (AvgIpc) is 2.46. The molecule has 1 aliphatic carbocycles. The summed E-state index contributed by atoms with van der Waals surface area (Å²) in [4.78, 5) is 12.0. The molecular formula is C17H15ClO2. The zero-order valence-electron chi connectivity index (χ0n) is 11.2. The van der Waals surface area contributed by atoms with Crippen LogP contribution in [0, 0.1) is 0 Å². The summed E-state index contributed by atoms with van der Waals surface area (Å²) in [6.07, 6.45) is 1.00. The average molecular weight is 287 g/mol. The number of Topliss-reactive ketones (excluding diaryl/α,β-unsaturated/α-hetero) is 1. The molecule has 20 heavy (non-hydrogen) atoms. The highest BCUT2D eigenvalue weighted by atomic mass is 35.5. The van der Waals surface area contributed by atoms with Gasteiger partial charge in [0.1, 0.15) is 11.5 Å². The molecule has 0 spiro atoms. The summed E-state index contributed by atoms with van der Waals surface area (Å²) in [5, 5.41) is 0.563. The van der Waals surface area contributed by atoms with E-state index in [-0.39, 0.29) is 11.7 Å². The lowest BCUT2D eigenvalue weighted by atomic mass is 9.78. The van der Waals surface area contributed by atoms with Crippen molar-refractivity contribution in [3.05, 3.63) is 64.2 Å². The van der Waals surface area contributed by atoms with Gasteiger partial charge in [-0.1, -0.05) is 41.9 Å². The van der Waals surface area contributed by atoms with Crippen molar-refractivity contribution >= 4 is 17.4 Å². The minimum absolute atomic E-state index is 0.0959. The number of halogens is 1. The van der Waals surface area contributed by atoms with E-state index in [9.17, 15) is 4.79 Å². The second-order valence-electron chi connectivity index (χ2n) is 5.07. The molecule has 3 heteroatoms. The molecule has 2 aromatic rings. The zero-order valence-corrected chi connectivity index (χ0v) is 12.0. The van der Waals surface area contributed by atoms with Crippen molar-refractivity contribution in [2.24, 2.45) is 0 Å². The summed E-state index contributed by atoms with van der Waals surface area (Å²) in [6.45, 7) is 0. The molecule has 1 atom stereocenters. The van der Waals surface area contributed by atoms with Gasteiger partial charge in [-0.15, -0.1) is 0 Å². The van der Waals surface area contributed by atoms with Gasteiger partial charge in [-0.05, 0) is 28.8 Å². The summed E-state index contributed by atoms with van der Waals surface area (Å²) in [5.41, 5.74) is 3.32. The quantitative estimate of drug-likeness (QED) is 0.834. The maximum absolute atomic E-state index is 12.0. The Bertz CT molecular complexity index is 650. The fourth-order valence-corrected chi connectivity index (χ4v) is 3.11. The number of hydrogen-bond acceptors (Lipinski definition) is 2. The Kier molecular flexibility index (Phi) is 3.49. The van der Waals surface area contributed by atoms with Crippen LogP contribution in [0.2, 0.25) is 5.02 Å². The van der Waals surface area contributed by atoms with Gasteiger partial charge in [0.15, 0.2) is 0 Å². The van der Waals surface area contributed by atoms with E-state index in [0.717, 1.165) is 16.7 Å². The van der Waals surface area contributed by atoms with Gasteiger partial charge < -0.3 is 4.74 Å². The van der Waals surface area contributed by atoms with E-state index in [2.05, 4.69) is 12.1 Å². The molecule has 2 nitrogen and oxygen atoms in total. The first-order valence-electron chi connectivity index (χ1n) is 6.62. The third-order valence-corrected chi connectivity index (χ3v) is 4.11. The van der Waals surface area contributed by atoms with Crippen molar-refractivity contribution in [1.82, 2.24) is 0 Å². The van der Waals surface area contributed by atoms with Gasteiger partial charge in [0.05, 0.1) is 12.1 Å². The Labute approximate surface area is 123 Å². The molecular weight excluding hydrogens is 272 g/mol. The first kappa shape index (κ1) is 13.2. The number of benzene rings is 2. The van der Waals surface area contributed by atoms with Crippen LogP contribution in [0.3, 0.4) is 0 Å². The van der Waals surface area contributed by atoms with Crippen molar-refractivity contribution < 1.29 is 9.53 Å². The fraction of sp³-hybridized carbons (Fsp3) is 0.235. The van der Waals surface area contributed by atoms with E-state index in [4.69, 9.17) is 16.3 Å². The number of hydrogen-bond donors (Lipinski definition) is 0. The Morgan fingerprint density at radius 2 is 1.95 bits per heavy atom. The summed E-state index contributed by atoms with van der Waals surface area (Å²) in [5.74, 6) is 1.02. The normalized spacial score (nSPS) is 17.7. The van der Waals surface area contributed by atoms with Crippen molar-refractivity contribution in [3.8, 4) is 5.75 Å². The van der Waals surface area contributed by atoms with E-state index in [1.54, 1.807) is 7.11 Å². The minimum Gasteiger partial charge on any atom is -0.495 e. The van der Waals surface area contributed by atoms with Gasteiger partial charge >= 0.3 is 0 Å². The molecule has 0 saturated heterocycles. The monoisotopic (exact) mass is 286 g/mol. The molecule has 0 N–H and O–H groups in total. The number of carbonyl (C=O) groups excluding carboxylic acids is 1. The molecule has 102 valence electrons. The Morgan fingerprint density at radius 3 is 2.65 bits per heavy atom. The fourth-order valence-electron chi connectivity index (χ4n) is 2.85. The summed E-state index contributed by atoms with van der Waals surface area (Å²) < 4.78 is 5.31. The van der Waals surface area contributed by atoms with Crippen molar-refractivity contribution in [1.29, 1.82) is 0 Å². The molecule has 0 bridgehead atoms. The summed E-state index contributed by atoms with van der Waals surface area (Å²) >= 11 is 6.17. The molecule has 0 fully saturated rings. The third kappa shape index (κ3) is 2.32. The lowest BCUT2D eigenvalue weighted by molar-refractivity contribution is -0.119. The second kappa shape index (κ2) is 5.29. The van der Waals surface area contributed by atoms with Crippen molar-refractivity contribution in [2.45, 2.75) is 18.8 Å². The van der Waals surface area contributed by atoms with Gasteiger partial charge in [0, 0.05) is 18.8 Å². The lowest BCUT2D eigenvalue weighted by Gasteiger charge is -2.26. The van der Waals surface area contributed by atoms with Crippen LogP contribution in [0.4, 0.5) is 0 Å². The Balaban J connectivity index is 2.13. The molecule has 0 radical (unpaired) electrons. The van der Waals surface area contributed by atoms with Crippen LogP contribution in [0.1, 0.15) is 29.0 Å². The van der Waals surface area contributed by atoms with E-state index in [1.165, 1.54) is 0 Å². The second-order valence-corrected chi connectivity index (χ2v) is 5.48. The van der Waals surface area contributed by atoms with Crippen molar-refractivity contribution in [2.75, 3.05) is 7.11 Å². The molecule has 0 aliphatic heterocycles. The number of methoxy groups -OCH3 is 1. The molecule has 3 rings (SSSR count). The predicted octanol–water partition coefficient (Wildman–Crippen LogP) is 4.00. The molecule has 0 saturated carbocycles. The zero-order chi connectivity index (χ0) is 14.1. The largest absolute Gasteiger partial charge is 0.495 e. The number of fused-ring (bicyclic) bond motifs is 1. The lowest BCUT2D eigenvalue weighted by Crippen LogP contribution is -2.19. The minimum atomic E-state index is 0.0959. The SMILES string of the molecule is COc1cc2c(cc1Cl)CC(=O)C[C@@H]2c1ccccc1. The van der Waals surface area contributed by atoms with Crippen LogP contribution in [0.15, 0.2) is 42.5 Å². The van der Waals surface area contributed by atoms with Crippen molar-refractivity contribution in [3.63, 3.8) is 0 Å². The van der Waals surface area contributed by atoms with Gasteiger partial charge in [0.2, 0.25) is 0 Å². The third-order valence-electron chi connectivity index (χ3n) is 3.81. The highest BCUT2D eigenvalue weighted by molar-refractivity contribution is 6.32. The summed E-state index contributed by atoms with van der Waals surface area (Å²) in [7, 11) is 1.61. The maximum atomic E-state index is 12.0. The van der Waals surface area contributed by atoms with Gasteiger partial charge in [-0.25, -0.2) is 0 Å². The molecule has 0 amide bonds. The predicted molar refractivity (Wildman–Crippen MR) is 79.6 cm³/mol. The van der Waals surface area contributed by atoms with Gasteiger partial charge in [-0.3, -0.25) is 4.79 Å². The van der Waals surface area contributed by atoms with E-state index < -0.39 is 0 Å². The molecule has 0 heterocycles. The molecule has 0 unspecified atom stereocenters. The van der Waals surface area contributed by atoms with Crippen LogP contribution in [-0.4, -0.2) is 12.9 Å². The van der Waals surface area contributed by atoms with Crippen LogP contribution in [0.25, 0.3) is 0 Å². The number of ketones is 1. The topological polar surface area (TPSA) is 26.3 Å². The van der Waals surface area contributed by atoms with Gasteiger partial charge in [-0.2, -0.15) is 0 Å². The van der Waals surface area contributed by atoms with Crippen LogP contribution in [-0.2, 0) is 11.2 Å². The first-order valence-corrected chi connectivity index (χ1v) is 7.00. The van der Waals surface area contributed by atoms with E-state index >= 15 is 0 Å². The number of rotatable bonds is 2. The summed E-state index contributed by atoms with van der Waals surface area (Å²) in [6, 6.07) is 14.0. The standard InChI is InChI=1S/C17H15ClO2/c1-20-17-10-15-12(8-16(17)18)7-13(19)9-14(15)11-5-3-2-4-6-11/h2-6,8,10,14H,7,9H2,1H3/t14-/m1/s1. The Hall–Kier alpha value is -1.80. The molecule has 0 aromatic heterocycles. The van der Waals surface area contributed by atoms with E-state index in [1.807, 2.05) is 30.3 Å². The smallest absolute Gasteiger partial charge is 0.138 e. The Morgan fingerprint density at radius 1 is 1.20 bits per heavy atom. The highest BCUT2D eigenvalue weighted by Crippen LogP contribution is 2.39. The number of ether oxygens (including phenoxy) is 1. The van der Waals surface area contributed by atoms with Crippen LogP contribution < -0.4 is 4.74 Å². The van der Waals surface area contributed by atoms with Crippen LogP contribution in [0.5, 0.6) is 5.75 Å². The van der Waals surface area contributed by atoms with Gasteiger partial charge in [0.25, 0.3) is 0 Å². The molecule has 1 aliphatic rings. The maximum Gasteiger partial charge on any atom is 0.138 e. The molecule has 2 aromatic carbocycles. The first-order chi connectivity index (χ1) is 9.69.